The lowest BCUT2D eigenvalue weighted by atomic mass is 10.2. The second kappa shape index (κ2) is 3.97. The molecular formula is C11H10N4S2. The highest BCUT2D eigenvalue weighted by Crippen LogP contribution is 2.35. The number of anilines is 1. The number of nitrogens with zero attached hydrogens (tertiary/aromatic N) is 2. The van der Waals surface area contributed by atoms with Crippen molar-refractivity contribution in [1.29, 1.82) is 0 Å². The number of H-pyrrole nitrogens is 1. The minimum atomic E-state index is 0.606. The fourth-order valence-electron chi connectivity index (χ4n) is 1.62. The number of thiophene rings is 1. The summed E-state index contributed by atoms with van der Waals surface area (Å²) in [6.07, 6.45) is 1.85. The standard InChI is InChI=1S/C11H10N4S2/c1-6-7(4-13-15-6)9-2-3-10(17-9)8-5-16-11(12)14-8/h2-5H,1H3,(H2,12,14)(H,13,15). The van der Waals surface area contributed by atoms with Crippen molar-refractivity contribution >= 4 is 27.8 Å². The van der Waals surface area contributed by atoms with Crippen LogP contribution in [0.2, 0.25) is 0 Å². The monoisotopic (exact) mass is 262 g/mol. The van der Waals surface area contributed by atoms with Crippen LogP contribution in [0.25, 0.3) is 21.0 Å². The summed E-state index contributed by atoms with van der Waals surface area (Å²) in [5.74, 6) is 0. The number of hydrogen-bond acceptors (Lipinski definition) is 5. The van der Waals surface area contributed by atoms with Crippen LogP contribution in [-0.2, 0) is 0 Å². The Morgan fingerprint density at radius 3 is 2.76 bits per heavy atom. The van der Waals surface area contributed by atoms with Gasteiger partial charge in [0.25, 0.3) is 0 Å². The van der Waals surface area contributed by atoms with E-state index in [-0.39, 0.29) is 0 Å². The normalized spacial score (nSPS) is 10.9. The quantitative estimate of drug-likeness (QED) is 0.745. The SMILES string of the molecule is Cc1[nH]ncc1-c1ccc(-c2csc(N)n2)s1. The second-order valence-corrected chi connectivity index (χ2v) is 5.62. The highest BCUT2D eigenvalue weighted by Gasteiger charge is 2.10. The topological polar surface area (TPSA) is 67.6 Å². The average Bonchev–Trinajstić information content (AvgIpc) is 2.97. The van der Waals surface area contributed by atoms with Crippen molar-refractivity contribution in [3.05, 3.63) is 29.4 Å². The lowest BCUT2D eigenvalue weighted by Crippen LogP contribution is -1.80. The summed E-state index contributed by atoms with van der Waals surface area (Å²) in [6, 6.07) is 4.16. The molecule has 3 heterocycles. The van der Waals surface area contributed by atoms with Gasteiger partial charge in [-0.25, -0.2) is 4.98 Å². The van der Waals surface area contributed by atoms with Gasteiger partial charge in [0, 0.05) is 21.5 Å². The molecule has 6 heteroatoms. The Hall–Kier alpha value is -1.66. The number of aryl methyl sites for hydroxylation is 1. The summed E-state index contributed by atoms with van der Waals surface area (Å²) in [7, 11) is 0. The van der Waals surface area contributed by atoms with Gasteiger partial charge in [0.2, 0.25) is 0 Å². The van der Waals surface area contributed by atoms with E-state index in [9.17, 15) is 0 Å². The van der Waals surface area contributed by atoms with Crippen LogP contribution in [0.3, 0.4) is 0 Å². The van der Waals surface area contributed by atoms with Gasteiger partial charge in [-0.1, -0.05) is 0 Å². The number of aromatic amines is 1. The van der Waals surface area contributed by atoms with E-state index in [1.54, 1.807) is 11.3 Å². The Balaban J connectivity index is 2.01. The minimum absolute atomic E-state index is 0.606. The maximum atomic E-state index is 5.64. The molecule has 3 N–H and O–H groups in total. The number of aromatic nitrogens is 3. The smallest absolute Gasteiger partial charge is 0.180 e. The van der Waals surface area contributed by atoms with Crippen molar-refractivity contribution in [3.63, 3.8) is 0 Å². The Morgan fingerprint density at radius 2 is 2.12 bits per heavy atom. The lowest BCUT2D eigenvalue weighted by Gasteiger charge is -1.92. The summed E-state index contributed by atoms with van der Waals surface area (Å²) in [5.41, 5.74) is 8.81. The molecule has 3 rings (SSSR count). The predicted octanol–water partition coefficient (Wildman–Crippen LogP) is 3.15. The first-order valence-corrected chi connectivity index (χ1v) is 6.75. The van der Waals surface area contributed by atoms with E-state index in [4.69, 9.17) is 5.73 Å². The Kier molecular flexibility index (Phi) is 2.45. The number of nitrogens with one attached hydrogen (secondary N) is 1. The predicted molar refractivity (Wildman–Crippen MR) is 72.2 cm³/mol. The number of hydrogen-bond donors (Lipinski definition) is 2. The number of nitrogens with two attached hydrogens (primary N) is 1. The van der Waals surface area contributed by atoms with Crippen LogP contribution in [0.5, 0.6) is 0 Å². The zero-order valence-corrected chi connectivity index (χ0v) is 10.7. The maximum Gasteiger partial charge on any atom is 0.180 e. The van der Waals surface area contributed by atoms with Gasteiger partial charge < -0.3 is 5.73 Å². The van der Waals surface area contributed by atoms with Crippen LogP contribution in [0.1, 0.15) is 5.69 Å². The van der Waals surface area contributed by atoms with Gasteiger partial charge in [-0.3, -0.25) is 5.10 Å². The van der Waals surface area contributed by atoms with Crippen LogP contribution in [0.4, 0.5) is 5.13 Å². The van der Waals surface area contributed by atoms with Crippen LogP contribution >= 0.6 is 22.7 Å². The van der Waals surface area contributed by atoms with E-state index in [1.807, 2.05) is 18.5 Å². The summed E-state index contributed by atoms with van der Waals surface area (Å²) < 4.78 is 0. The molecule has 17 heavy (non-hydrogen) atoms. The first kappa shape index (κ1) is 10.5. The Bertz CT molecular complexity index is 650. The summed E-state index contributed by atoms with van der Waals surface area (Å²) in [6.45, 7) is 2.02. The molecule has 3 aromatic rings. The van der Waals surface area contributed by atoms with Gasteiger partial charge in [-0.15, -0.1) is 22.7 Å². The molecule has 0 radical (unpaired) electrons. The molecule has 0 aliphatic carbocycles. The van der Waals surface area contributed by atoms with Gasteiger partial charge in [0.15, 0.2) is 5.13 Å². The van der Waals surface area contributed by atoms with Crippen molar-refractivity contribution in [3.8, 4) is 21.0 Å². The molecule has 0 saturated carbocycles. The molecule has 86 valence electrons. The van der Waals surface area contributed by atoms with Crippen molar-refractivity contribution in [2.24, 2.45) is 0 Å². The molecule has 0 aliphatic rings. The van der Waals surface area contributed by atoms with Crippen molar-refractivity contribution in [2.45, 2.75) is 6.92 Å². The molecule has 0 unspecified atom stereocenters. The van der Waals surface area contributed by atoms with E-state index in [0.29, 0.717) is 5.13 Å². The van der Waals surface area contributed by atoms with E-state index < -0.39 is 0 Å². The first-order chi connectivity index (χ1) is 8.24. The average molecular weight is 262 g/mol. The summed E-state index contributed by atoms with van der Waals surface area (Å²) >= 11 is 3.16. The molecule has 0 spiro atoms. The van der Waals surface area contributed by atoms with Gasteiger partial charge >= 0.3 is 0 Å². The first-order valence-electron chi connectivity index (χ1n) is 5.05. The lowest BCUT2D eigenvalue weighted by molar-refractivity contribution is 1.05. The van der Waals surface area contributed by atoms with Crippen molar-refractivity contribution in [2.75, 3.05) is 5.73 Å². The van der Waals surface area contributed by atoms with E-state index in [1.165, 1.54) is 16.2 Å². The molecule has 0 bridgehead atoms. The zero-order valence-electron chi connectivity index (χ0n) is 9.10. The van der Waals surface area contributed by atoms with Gasteiger partial charge in [-0.05, 0) is 19.1 Å². The molecule has 0 aromatic carbocycles. The van der Waals surface area contributed by atoms with Gasteiger partial charge in [-0.2, -0.15) is 5.10 Å². The van der Waals surface area contributed by atoms with E-state index in [2.05, 4.69) is 27.3 Å². The summed E-state index contributed by atoms with van der Waals surface area (Å²) in [5, 5.41) is 9.56. The minimum Gasteiger partial charge on any atom is -0.375 e. The largest absolute Gasteiger partial charge is 0.375 e. The third kappa shape index (κ3) is 1.85. The van der Waals surface area contributed by atoms with E-state index in [0.717, 1.165) is 21.8 Å². The van der Waals surface area contributed by atoms with Gasteiger partial charge in [0.1, 0.15) is 0 Å². The Labute approximate surface area is 106 Å². The molecule has 0 fully saturated rings. The van der Waals surface area contributed by atoms with Gasteiger partial charge in [0.05, 0.1) is 16.8 Å². The molecule has 0 saturated heterocycles. The third-order valence-corrected chi connectivity index (χ3v) is 4.29. The van der Waals surface area contributed by atoms with E-state index >= 15 is 0 Å². The highest BCUT2D eigenvalue weighted by molar-refractivity contribution is 7.19. The third-order valence-electron chi connectivity index (χ3n) is 2.48. The second-order valence-electron chi connectivity index (χ2n) is 3.64. The van der Waals surface area contributed by atoms with Crippen LogP contribution in [-0.4, -0.2) is 15.2 Å². The van der Waals surface area contributed by atoms with Crippen LogP contribution in [0.15, 0.2) is 23.7 Å². The van der Waals surface area contributed by atoms with Crippen LogP contribution in [0, 0.1) is 6.92 Å². The molecule has 0 amide bonds. The molecular weight excluding hydrogens is 252 g/mol. The molecule has 0 aliphatic heterocycles. The van der Waals surface area contributed by atoms with Crippen molar-refractivity contribution < 1.29 is 0 Å². The Morgan fingerprint density at radius 1 is 1.29 bits per heavy atom. The highest BCUT2D eigenvalue weighted by atomic mass is 32.1. The molecule has 0 atom stereocenters. The number of nitrogen functional groups attached to an aromatic ring is 1. The molecule has 3 aromatic heterocycles. The zero-order chi connectivity index (χ0) is 11.8. The number of thiazole rings is 1. The summed E-state index contributed by atoms with van der Waals surface area (Å²) in [4.78, 5) is 6.61. The number of rotatable bonds is 2. The fourth-order valence-corrected chi connectivity index (χ4v) is 3.29. The fraction of sp³-hybridized carbons (Fsp3) is 0.0909. The molecule has 4 nitrogen and oxygen atoms in total. The van der Waals surface area contributed by atoms with Crippen molar-refractivity contribution in [1.82, 2.24) is 15.2 Å². The van der Waals surface area contributed by atoms with Crippen LogP contribution < -0.4 is 5.73 Å². The maximum absolute atomic E-state index is 5.64.